The Kier molecular flexibility index (Phi) is 3.73. The third-order valence-corrected chi connectivity index (χ3v) is 5.19. The molecule has 0 saturated carbocycles. The summed E-state index contributed by atoms with van der Waals surface area (Å²) in [6.07, 6.45) is 1.85. The highest BCUT2D eigenvalue weighted by Crippen LogP contribution is 2.25. The molecular weight excluding hydrogens is 260 g/mol. The van der Waals surface area contributed by atoms with Crippen LogP contribution in [-0.4, -0.2) is 25.8 Å². The summed E-state index contributed by atoms with van der Waals surface area (Å²) in [5, 5.41) is 0.410. The zero-order chi connectivity index (χ0) is 12.5. The smallest absolute Gasteiger partial charge is 0.243 e. The van der Waals surface area contributed by atoms with Crippen molar-refractivity contribution >= 4 is 21.6 Å². The number of benzene rings is 1. The molecule has 1 aromatic rings. The fraction of sp³-hybridized carbons (Fsp3) is 0.455. The minimum atomic E-state index is -3.38. The highest BCUT2D eigenvalue weighted by molar-refractivity contribution is 7.89. The summed E-state index contributed by atoms with van der Waals surface area (Å²) in [6.45, 7) is 1.50. The van der Waals surface area contributed by atoms with Crippen molar-refractivity contribution in [3.05, 3.63) is 28.8 Å². The van der Waals surface area contributed by atoms with Gasteiger partial charge in [-0.3, -0.25) is 0 Å². The molecule has 0 unspecified atom stereocenters. The summed E-state index contributed by atoms with van der Waals surface area (Å²) in [5.41, 5.74) is 6.24. The van der Waals surface area contributed by atoms with E-state index in [9.17, 15) is 8.42 Å². The molecule has 2 rings (SSSR count). The number of sulfonamides is 1. The Hall–Kier alpha value is -0.620. The molecule has 0 amide bonds. The first-order valence-electron chi connectivity index (χ1n) is 5.54. The fourth-order valence-electron chi connectivity index (χ4n) is 1.93. The molecule has 1 heterocycles. The second-order valence-corrected chi connectivity index (χ2v) is 6.41. The minimum absolute atomic E-state index is 0.251. The summed E-state index contributed by atoms with van der Waals surface area (Å²) in [4.78, 5) is 0.251. The van der Waals surface area contributed by atoms with Crippen LogP contribution in [0.1, 0.15) is 18.4 Å². The van der Waals surface area contributed by atoms with Gasteiger partial charge in [-0.25, -0.2) is 8.42 Å². The Labute approximate surface area is 106 Å². The van der Waals surface area contributed by atoms with Gasteiger partial charge in [0.1, 0.15) is 0 Å². The van der Waals surface area contributed by atoms with Crippen LogP contribution in [0.4, 0.5) is 0 Å². The standard InChI is InChI=1S/C11H15ClN2O2S/c12-11-7-10(4-3-9(11)8-13)17(15,16)14-5-1-2-6-14/h3-4,7H,1-2,5-6,8,13H2. The van der Waals surface area contributed by atoms with Crippen molar-refractivity contribution in [1.29, 1.82) is 0 Å². The van der Waals surface area contributed by atoms with Gasteiger partial charge in [-0.15, -0.1) is 0 Å². The maximum atomic E-state index is 12.2. The van der Waals surface area contributed by atoms with Crippen LogP contribution in [0.2, 0.25) is 5.02 Å². The maximum Gasteiger partial charge on any atom is 0.243 e. The van der Waals surface area contributed by atoms with Gasteiger partial charge in [-0.2, -0.15) is 4.31 Å². The SMILES string of the molecule is NCc1ccc(S(=O)(=O)N2CCCC2)cc1Cl. The highest BCUT2D eigenvalue weighted by atomic mass is 35.5. The first-order valence-corrected chi connectivity index (χ1v) is 7.36. The van der Waals surface area contributed by atoms with Crippen LogP contribution in [0.3, 0.4) is 0 Å². The van der Waals surface area contributed by atoms with Crippen molar-refractivity contribution in [2.24, 2.45) is 5.73 Å². The molecule has 0 aromatic heterocycles. The van der Waals surface area contributed by atoms with Crippen LogP contribution in [0, 0.1) is 0 Å². The van der Waals surface area contributed by atoms with E-state index in [0.29, 0.717) is 24.7 Å². The highest BCUT2D eigenvalue weighted by Gasteiger charge is 2.27. The zero-order valence-corrected chi connectivity index (χ0v) is 11.0. The molecule has 1 fully saturated rings. The van der Waals surface area contributed by atoms with Crippen molar-refractivity contribution in [3.63, 3.8) is 0 Å². The van der Waals surface area contributed by atoms with Crippen LogP contribution in [-0.2, 0) is 16.6 Å². The first-order chi connectivity index (χ1) is 8.05. The van der Waals surface area contributed by atoms with Gasteiger partial charge in [0.25, 0.3) is 0 Å². The van der Waals surface area contributed by atoms with Gasteiger partial charge in [0.05, 0.1) is 4.90 Å². The molecule has 1 aromatic carbocycles. The number of rotatable bonds is 3. The molecule has 0 spiro atoms. The Morgan fingerprint density at radius 3 is 2.47 bits per heavy atom. The van der Waals surface area contributed by atoms with Crippen LogP contribution >= 0.6 is 11.6 Å². The monoisotopic (exact) mass is 274 g/mol. The first kappa shape index (κ1) is 12.8. The van der Waals surface area contributed by atoms with Gasteiger partial charge in [0.15, 0.2) is 0 Å². The fourth-order valence-corrected chi connectivity index (χ4v) is 3.80. The number of hydrogen-bond acceptors (Lipinski definition) is 3. The van der Waals surface area contributed by atoms with E-state index in [1.54, 1.807) is 12.1 Å². The van der Waals surface area contributed by atoms with E-state index >= 15 is 0 Å². The molecule has 0 atom stereocenters. The Morgan fingerprint density at radius 1 is 1.29 bits per heavy atom. The van der Waals surface area contributed by atoms with Crippen LogP contribution in [0.15, 0.2) is 23.1 Å². The van der Waals surface area contributed by atoms with Crippen LogP contribution in [0.5, 0.6) is 0 Å². The summed E-state index contributed by atoms with van der Waals surface area (Å²) in [7, 11) is -3.38. The average molecular weight is 275 g/mol. The molecule has 0 bridgehead atoms. The topological polar surface area (TPSA) is 63.4 Å². The van der Waals surface area contributed by atoms with E-state index in [1.807, 2.05) is 0 Å². The lowest BCUT2D eigenvalue weighted by atomic mass is 10.2. The normalized spacial score (nSPS) is 17.5. The van der Waals surface area contributed by atoms with Gasteiger partial charge >= 0.3 is 0 Å². The Balaban J connectivity index is 2.36. The number of halogens is 1. The molecule has 1 aliphatic rings. The maximum absolute atomic E-state index is 12.2. The Morgan fingerprint density at radius 2 is 1.94 bits per heavy atom. The molecule has 6 heteroatoms. The molecule has 94 valence electrons. The summed E-state index contributed by atoms with van der Waals surface area (Å²) >= 11 is 5.98. The average Bonchev–Trinajstić information content (AvgIpc) is 2.83. The molecule has 0 aliphatic carbocycles. The van der Waals surface area contributed by atoms with Crippen molar-refractivity contribution in [1.82, 2.24) is 4.31 Å². The van der Waals surface area contributed by atoms with Crippen molar-refractivity contribution < 1.29 is 8.42 Å². The molecule has 4 nitrogen and oxygen atoms in total. The largest absolute Gasteiger partial charge is 0.326 e. The van der Waals surface area contributed by atoms with E-state index in [-0.39, 0.29) is 4.90 Å². The van der Waals surface area contributed by atoms with Crippen molar-refractivity contribution in [3.8, 4) is 0 Å². The van der Waals surface area contributed by atoms with Crippen LogP contribution in [0.25, 0.3) is 0 Å². The summed E-state index contributed by atoms with van der Waals surface area (Å²) in [6, 6.07) is 4.73. The van der Waals surface area contributed by atoms with E-state index in [2.05, 4.69) is 0 Å². The van der Waals surface area contributed by atoms with Gasteiger partial charge in [0.2, 0.25) is 10.0 Å². The van der Waals surface area contributed by atoms with Gasteiger partial charge < -0.3 is 5.73 Å². The predicted molar refractivity (Wildman–Crippen MR) is 67.3 cm³/mol. The third kappa shape index (κ3) is 2.47. The van der Waals surface area contributed by atoms with Gasteiger partial charge in [0, 0.05) is 24.7 Å². The molecule has 17 heavy (non-hydrogen) atoms. The molecule has 2 N–H and O–H groups in total. The lowest BCUT2D eigenvalue weighted by Gasteiger charge is -2.16. The zero-order valence-electron chi connectivity index (χ0n) is 9.39. The van der Waals surface area contributed by atoms with Crippen LogP contribution < -0.4 is 5.73 Å². The lowest BCUT2D eigenvalue weighted by Crippen LogP contribution is -2.27. The quantitative estimate of drug-likeness (QED) is 0.910. The Bertz CT molecular complexity index is 510. The van der Waals surface area contributed by atoms with E-state index in [4.69, 9.17) is 17.3 Å². The molecular formula is C11H15ClN2O2S. The number of nitrogens with zero attached hydrogens (tertiary/aromatic N) is 1. The second kappa shape index (κ2) is 4.94. The molecule has 0 radical (unpaired) electrons. The van der Waals surface area contributed by atoms with E-state index < -0.39 is 10.0 Å². The van der Waals surface area contributed by atoms with Gasteiger partial charge in [-0.05, 0) is 30.5 Å². The summed E-state index contributed by atoms with van der Waals surface area (Å²) < 4.78 is 25.9. The van der Waals surface area contributed by atoms with E-state index in [1.165, 1.54) is 10.4 Å². The number of hydrogen-bond donors (Lipinski definition) is 1. The van der Waals surface area contributed by atoms with Crippen molar-refractivity contribution in [2.75, 3.05) is 13.1 Å². The third-order valence-electron chi connectivity index (χ3n) is 2.95. The van der Waals surface area contributed by atoms with Gasteiger partial charge in [-0.1, -0.05) is 17.7 Å². The predicted octanol–water partition coefficient (Wildman–Crippen LogP) is 1.58. The lowest BCUT2D eigenvalue weighted by molar-refractivity contribution is 0.477. The second-order valence-electron chi connectivity index (χ2n) is 4.07. The molecule has 1 aliphatic heterocycles. The minimum Gasteiger partial charge on any atom is -0.326 e. The number of nitrogens with two attached hydrogens (primary N) is 1. The summed E-state index contributed by atoms with van der Waals surface area (Å²) in [5.74, 6) is 0. The van der Waals surface area contributed by atoms with Crippen molar-refractivity contribution in [2.45, 2.75) is 24.3 Å². The van der Waals surface area contributed by atoms with E-state index in [0.717, 1.165) is 18.4 Å². The molecule has 1 saturated heterocycles.